The van der Waals surface area contributed by atoms with Gasteiger partial charge in [-0.3, -0.25) is 4.79 Å². The fourth-order valence-electron chi connectivity index (χ4n) is 3.86. The van der Waals surface area contributed by atoms with Gasteiger partial charge in [0.05, 0.1) is 21.2 Å². The normalized spacial score (nSPS) is 21.4. The van der Waals surface area contributed by atoms with Crippen LogP contribution in [0.2, 0.25) is 15.1 Å². The largest absolute Gasteiger partial charge is 0.489 e. The van der Waals surface area contributed by atoms with Gasteiger partial charge in [0.25, 0.3) is 5.89 Å². The van der Waals surface area contributed by atoms with Gasteiger partial charge in [0.2, 0.25) is 5.82 Å². The number of nitrogens with zero attached hydrogens (tertiary/aromatic N) is 4. The molecule has 0 spiro atoms. The molecule has 33 heavy (non-hydrogen) atoms. The van der Waals surface area contributed by atoms with Crippen LogP contribution in [-0.4, -0.2) is 31.4 Å². The van der Waals surface area contributed by atoms with Crippen LogP contribution in [-0.2, 0) is 4.79 Å². The van der Waals surface area contributed by atoms with Crippen molar-refractivity contribution in [3.8, 4) is 28.7 Å². The summed E-state index contributed by atoms with van der Waals surface area (Å²) in [5.74, 6) is -0.417. The first-order chi connectivity index (χ1) is 16.1. The number of rotatable bonds is 4. The third kappa shape index (κ3) is 4.33. The average molecular weight is 507 g/mol. The van der Waals surface area contributed by atoms with E-state index in [4.69, 9.17) is 45.4 Å². The summed E-state index contributed by atoms with van der Waals surface area (Å²) >= 11 is 19.3. The highest BCUT2D eigenvalue weighted by Gasteiger charge is 2.27. The molecule has 1 saturated carbocycles. The Kier molecular flexibility index (Phi) is 5.48. The van der Waals surface area contributed by atoms with Gasteiger partial charge in [0, 0.05) is 37.7 Å². The highest BCUT2D eigenvalue weighted by molar-refractivity contribution is 6.36. The molecule has 0 amide bonds. The van der Waals surface area contributed by atoms with E-state index in [1.54, 1.807) is 29.7 Å². The number of hydrogen-bond donors (Lipinski definition) is 0. The van der Waals surface area contributed by atoms with Crippen LogP contribution in [0.25, 0.3) is 28.6 Å². The molecule has 0 saturated heterocycles. The molecule has 2 atom stereocenters. The Hall–Kier alpha value is -2.61. The number of benzene rings is 1. The predicted octanol–water partition coefficient (Wildman–Crippen LogP) is 6.46. The fourth-order valence-corrected chi connectivity index (χ4v) is 4.62. The van der Waals surface area contributed by atoms with Gasteiger partial charge in [0.1, 0.15) is 17.2 Å². The second-order valence-electron chi connectivity index (χ2n) is 8.09. The molecule has 1 fully saturated rings. The number of ketones is 1. The summed E-state index contributed by atoms with van der Waals surface area (Å²) in [6.45, 7) is 3.54. The molecule has 1 aromatic carbocycles. The number of halogens is 3. The van der Waals surface area contributed by atoms with Crippen LogP contribution in [0, 0.1) is 12.8 Å². The Morgan fingerprint density at radius 1 is 1.15 bits per heavy atom. The van der Waals surface area contributed by atoms with Crippen molar-refractivity contribution in [2.45, 2.75) is 39.2 Å². The molecule has 10 heteroatoms. The lowest BCUT2D eigenvalue weighted by Crippen LogP contribution is -2.30. The molecule has 1 aliphatic carbocycles. The van der Waals surface area contributed by atoms with E-state index in [0.717, 1.165) is 5.56 Å². The molecule has 5 rings (SSSR count). The maximum absolute atomic E-state index is 11.9. The van der Waals surface area contributed by atoms with Crippen LogP contribution in [0.5, 0.6) is 5.75 Å². The predicted molar refractivity (Wildman–Crippen MR) is 126 cm³/mol. The van der Waals surface area contributed by atoms with E-state index in [2.05, 4.69) is 15.1 Å². The number of ether oxygens (including phenoxy) is 1. The summed E-state index contributed by atoms with van der Waals surface area (Å²) in [5.41, 5.74) is 2.51. The Labute approximate surface area is 206 Å². The van der Waals surface area contributed by atoms with E-state index < -0.39 is 5.89 Å². The Morgan fingerprint density at radius 2 is 1.97 bits per heavy atom. The minimum Gasteiger partial charge on any atom is -0.489 e. The minimum atomic E-state index is -1.17. The van der Waals surface area contributed by atoms with Crippen molar-refractivity contribution >= 4 is 46.2 Å². The Bertz CT molecular complexity index is 1430. The number of fused-ring (bicyclic) bond motifs is 1. The molecule has 1 unspecified atom stereocenters. The van der Waals surface area contributed by atoms with Crippen molar-refractivity contribution in [1.29, 1.82) is 0 Å². The quantitative estimate of drug-likeness (QED) is 0.316. The van der Waals surface area contributed by atoms with Gasteiger partial charge in [0.15, 0.2) is 5.65 Å². The van der Waals surface area contributed by atoms with E-state index in [1.165, 1.54) is 0 Å². The molecule has 0 aliphatic heterocycles. The van der Waals surface area contributed by atoms with Crippen LogP contribution in [0.15, 0.2) is 35.1 Å². The van der Waals surface area contributed by atoms with E-state index in [0.29, 0.717) is 50.6 Å². The first-order valence-corrected chi connectivity index (χ1v) is 11.4. The van der Waals surface area contributed by atoms with Crippen molar-refractivity contribution in [2.75, 3.05) is 0 Å². The highest BCUT2D eigenvalue weighted by atomic mass is 35.5. The van der Waals surface area contributed by atoms with Crippen molar-refractivity contribution in [3.63, 3.8) is 0 Å². The zero-order chi connectivity index (χ0) is 24.2. The second kappa shape index (κ2) is 8.63. The van der Waals surface area contributed by atoms with Crippen molar-refractivity contribution in [2.24, 2.45) is 5.89 Å². The van der Waals surface area contributed by atoms with Gasteiger partial charge in [-0.05, 0) is 37.5 Å². The molecule has 3 aromatic heterocycles. The zero-order valence-electron chi connectivity index (χ0n) is 18.7. The van der Waals surface area contributed by atoms with Crippen molar-refractivity contribution in [3.05, 3.63) is 51.2 Å². The van der Waals surface area contributed by atoms with Gasteiger partial charge in [-0.15, -0.1) is 0 Å². The van der Waals surface area contributed by atoms with Gasteiger partial charge >= 0.3 is 0 Å². The second-order valence-corrected chi connectivity index (χ2v) is 9.32. The topological polar surface area (TPSA) is 82.5 Å². The highest BCUT2D eigenvalue weighted by Crippen LogP contribution is 2.38. The van der Waals surface area contributed by atoms with Crippen LogP contribution in [0.3, 0.4) is 0 Å². The van der Waals surface area contributed by atoms with Crippen LogP contribution in [0.1, 0.15) is 33.1 Å². The van der Waals surface area contributed by atoms with E-state index >= 15 is 0 Å². The molecule has 3 heterocycles. The van der Waals surface area contributed by atoms with Crippen molar-refractivity contribution < 1.29 is 15.4 Å². The summed E-state index contributed by atoms with van der Waals surface area (Å²) in [6, 6.07) is 5.01. The van der Waals surface area contributed by atoms with Gasteiger partial charge < -0.3 is 13.7 Å². The number of imidazole rings is 1. The minimum absolute atomic E-state index is 0.0808. The molecule has 0 bridgehead atoms. The van der Waals surface area contributed by atoms with E-state index in [1.807, 2.05) is 19.2 Å². The lowest BCUT2D eigenvalue weighted by atomic mass is 9.87. The maximum atomic E-state index is 11.9. The summed E-state index contributed by atoms with van der Waals surface area (Å²) in [6.07, 6.45) is 4.47. The van der Waals surface area contributed by atoms with Crippen LogP contribution in [0.4, 0.5) is 0 Å². The van der Waals surface area contributed by atoms with Crippen LogP contribution < -0.4 is 4.74 Å². The number of Topliss-reactive ketones (excluding diaryl/α,β-unsaturated/α-hetero) is 1. The number of carbonyl (C=O) groups is 1. The fraction of sp³-hybridized carbons (Fsp3) is 0.304. The number of pyridine rings is 1. The number of aromatic nitrogens is 4. The third-order valence-corrected chi connectivity index (χ3v) is 6.43. The summed E-state index contributed by atoms with van der Waals surface area (Å²) < 4.78 is 21.4. The molecule has 170 valence electrons. The average Bonchev–Trinajstić information content (AvgIpc) is 3.40. The first-order valence-electron chi connectivity index (χ1n) is 10.8. The molecular formula is C23H19Cl3N4O3. The van der Waals surface area contributed by atoms with Gasteiger partial charge in [-0.2, -0.15) is 4.98 Å². The number of aryl methyl sites for hydroxylation is 1. The summed E-state index contributed by atoms with van der Waals surface area (Å²) in [7, 11) is 0. The van der Waals surface area contributed by atoms with Crippen molar-refractivity contribution in [1.82, 2.24) is 19.5 Å². The smallest absolute Gasteiger partial charge is 0.278 e. The standard InChI is InChI=1S/C23H19Cl3N4O3/c1-11-5-17(26)22-27-18(10-30(22)9-11)23-28-21(29-33-23)14-7-16(25)20(8-15(14)24)32-13-3-4-19(31)12(2)6-13/h5,7-10,12-13H,3-4,6H2,1-2H3/t12?,13-/m0/s1/i12D. The molecule has 4 aromatic rings. The first kappa shape index (κ1) is 21.0. The zero-order valence-corrected chi connectivity index (χ0v) is 20.0. The molecule has 1 aliphatic rings. The van der Waals surface area contributed by atoms with E-state index in [-0.39, 0.29) is 30.0 Å². The molecule has 7 nitrogen and oxygen atoms in total. The Morgan fingerprint density at radius 3 is 2.76 bits per heavy atom. The monoisotopic (exact) mass is 505 g/mol. The van der Waals surface area contributed by atoms with Gasteiger partial charge in [-0.25, -0.2) is 4.98 Å². The SMILES string of the molecule is [2H]C1(C)C[C@@H](Oc2cc(Cl)c(-c3noc(-c4cn5cc(C)cc(Cl)c5n4)n3)cc2Cl)CCC1=O. The lowest BCUT2D eigenvalue weighted by Gasteiger charge is -2.27. The molecule has 0 radical (unpaired) electrons. The van der Waals surface area contributed by atoms with Gasteiger partial charge in [-0.1, -0.05) is 46.9 Å². The number of hydrogen-bond acceptors (Lipinski definition) is 6. The Balaban J connectivity index is 1.41. The number of carbonyl (C=O) groups excluding carboxylic acids is 1. The maximum Gasteiger partial charge on any atom is 0.278 e. The van der Waals surface area contributed by atoms with E-state index in [9.17, 15) is 4.79 Å². The third-order valence-electron chi connectivity index (χ3n) is 5.55. The van der Waals surface area contributed by atoms with Crippen LogP contribution >= 0.6 is 34.8 Å². The molecular weight excluding hydrogens is 487 g/mol. The lowest BCUT2D eigenvalue weighted by molar-refractivity contribution is -0.125. The summed E-state index contributed by atoms with van der Waals surface area (Å²) in [4.78, 5) is 20.8. The molecule has 0 N–H and O–H groups in total. The summed E-state index contributed by atoms with van der Waals surface area (Å²) in [5, 5.41) is 5.18.